The Morgan fingerprint density at radius 1 is 0.577 bits per heavy atom. The zero-order valence-electron chi connectivity index (χ0n) is 17.7. The molecule has 0 aliphatic heterocycles. The van der Waals surface area contributed by atoms with Gasteiger partial charge in [0, 0.05) is 6.42 Å². The summed E-state index contributed by atoms with van der Waals surface area (Å²) in [4.78, 5) is 10.4. The van der Waals surface area contributed by atoms with Crippen LogP contribution >= 0.6 is 0 Å². The lowest BCUT2D eigenvalue weighted by atomic mass is 10.0. The Morgan fingerprint density at radius 3 is 1.31 bits per heavy atom. The molecule has 0 saturated carbocycles. The molecular weight excluding hydrogens is 320 g/mol. The minimum absolute atomic E-state index is 0.332. The van der Waals surface area contributed by atoms with Crippen molar-refractivity contribution in [2.75, 3.05) is 0 Å². The molecule has 0 heterocycles. The third kappa shape index (κ3) is 23.2. The van der Waals surface area contributed by atoms with E-state index in [1.54, 1.807) is 0 Å². The van der Waals surface area contributed by atoms with Gasteiger partial charge in [-0.05, 0) is 32.1 Å². The van der Waals surface area contributed by atoms with Gasteiger partial charge in [0.1, 0.15) is 0 Å². The van der Waals surface area contributed by atoms with E-state index < -0.39 is 5.97 Å². The van der Waals surface area contributed by atoms with Crippen LogP contribution in [0.2, 0.25) is 0 Å². The van der Waals surface area contributed by atoms with Crippen molar-refractivity contribution in [3.63, 3.8) is 0 Å². The maximum atomic E-state index is 10.4. The van der Waals surface area contributed by atoms with Crippen molar-refractivity contribution in [3.8, 4) is 0 Å². The topological polar surface area (TPSA) is 37.3 Å². The van der Waals surface area contributed by atoms with Gasteiger partial charge in [-0.1, -0.05) is 109 Å². The Balaban J connectivity index is 3.07. The van der Waals surface area contributed by atoms with Gasteiger partial charge in [-0.15, -0.1) is 0 Å². The predicted molar refractivity (Wildman–Crippen MR) is 115 cm³/mol. The fourth-order valence-corrected chi connectivity index (χ4v) is 3.41. The van der Waals surface area contributed by atoms with Crippen LogP contribution in [0, 0.1) is 0 Å². The number of carboxylic acids is 1. The van der Waals surface area contributed by atoms with Crippen LogP contribution in [0.25, 0.3) is 0 Å². The van der Waals surface area contributed by atoms with Crippen LogP contribution in [0.1, 0.15) is 135 Å². The molecule has 0 aromatic rings. The van der Waals surface area contributed by atoms with E-state index in [0.29, 0.717) is 6.42 Å². The van der Waals surface area contributed by atoms with Crippen molar-refractivity contribution in [1.29, 1.82) is 0 Å². The molecular formula is C24H46O2. The maximum absolute atomic E-state index is 10.4. The molecule has 0 atom stereocenters. The number of unbranched alkanes of at least 4 members (excludes halogenated alkanes) is 17. The molecule has 26 heavy (non-hydrogen) atoms. The van der Waals surface area contributed by atoms with Gasteiger partial charge in [0.2, 0.25) is 0 Å². The van der Waals surface area contributed by atoms with Crippen molar-refractivity contribution < 1.29 is 9.90 Å². The molecule has 0 aromatic carbocycles. The molecule has 0 spiro atoms. The van der Waals surface area contributed by atoms with E-state index in [-0.39, 0.29) is 0 Å². The molecule has 0 aromatic heterocycles. The highest BCUT2D eigenvalue weighted by Crippen LogP contribution is 2.13. The van der Waals surface area contributed by atoms with Crippen LogP contribution < -0.4 is 0 Å². The number of rotatable bonds is 21. The van der Waals surface area contributed by atoms with Gasteiger partial charge in [0.15, 0.2) is 0 Å². The van der Waals surface area contributed by atoms with Crippen molar-refractivity contribution >= 4 is 5.97 Å². The van der Waals surface area contributed by atoms with Crippen molar-refractivity contribution in [1.82, 2.24) is 0 Å². The summed E-state index contributed by atoms with van der Waals surface area (Å²) in [5, 5.41) is 8.56. The minimum atomic E-state index is -0.661. The summed E-state index contributed by atoms with van der Waals surface area (Å²) >= 11 is 0. The highest BCUT2D eigenvalue weighted by molar-refractivity contribution is 5.66. The Bertz CT molecular complexity index is 309. The molecule has 2 heteroatoms. The molecule has 0 aliphatic carbocycles. The van der Waals surface area contributed by atoms with E-state index in [1.807, 2.05) is 0 Å². The van der Waals surface area contributed by atoms with Gasteiger partial charge in [-0.25, -0.2) is 0 Å². The first-order valence-corrected chi connectivity index (χ1v) is 11.6. The van der Waals surface area contributed by atoms with Crippen LogP contribution in [0.5, 0.6) is 0 Å². The summed E-state index contributed by atoms with van der Waals surface area (Å²) in [5.74, 6) is -0.661. The number of allylic oxidation sites excluding steroid dienone is 2. The first-order valence-electron chi connectivity index (χ1n) is 11.6. The fraction of sp³-hybridized carbons (Fsp3) is 0.875. The average molecular weight is 367 g/mol. The van der Waals surface area contributed by atoms with E-state index in [2.05, 4.69) is 19.1 Å². The molecule has 0 bridgehead atoms. The predicted octanol–water partition coefficient (Wildman–Crippen LogP) is 8.45. The van der Waals surface area contributed by atoms with E-state index in [4.69, 9.17) is 5.11 Å². The summed E-state index contributed by atoms with van der Waals surface area (Å²) < 4.78 is 0. The summed E-state index contributed by atoms with van der Waals surface area (Å²) in [6, 6.07) is 0. The normalized spacial score (nSPS) is 11.4. The molecule has 0 rings (SSSR count). The fourth-order valence-electron chi connectivity index (χ4n) is 3.41. The number of hydrogen-bond acceptors (Lipinski definition) is 1. The quantitative estimate of drug-likeness (QED) is 0.163. The maximum Gasteiger partial charge on any atom is 0.303 e. The summed E-state index contributed by atoms with van der Waals surface area (Å²) in [7, 11) is 0. The molecule has 1 N–H and O–H groups in total. The van der Waals surface area contributed by atoms with Crippen molar-refractivity contribution in [3.05, 3.63) is 12.2 Å². The molecule has 0 aliphatic rings. The second kappa shape index (κ2) is 22.3. The van der Waals surface area contributed by atoms with E-state index in [0.717, 1.165) is 12.8 Å². The smallest absolute Gasteiger partial charge is 0.303 e. The number of carboxylic acid groups (broad SMARTS) is 1. The van der Waals surface area contributed by atoms with Crippen LogP contribution in [0.4, 0.5) is 0 Å². The standard InChI is InChI=1S/C24H46O2/c1-2-3-4-5-6-7-8-9-10-11-12-13-14-15-16-17-18-19-20-21-22-23-24(25)26/h15-16H,2-14,17-23H2,1H3,(H,25,26)/b16-15-. The molecule has 2 nitrogen and oxygen atoms in total. The van der Waals surface area contributed by atoms with Crippen LogP contribution in [-0.2, 0) is 4.79 Å². The van der Waals surface area contributed by atoms with Crippen molar-refractivity contribution in [2.45, 2.75) is 135 Å². The summed E-state index contributed by atoms with van der Waals surface area (Å²) in [6.45, 7) is 2.28. The van der Waals surface area contributed by atoms with E-state index in [9.17, 15) is 4.79 Å². The highest BCUT2D eigenvalue weighted by atomic mass is 16.4. The number of carbonyl (C=O) groups is 1. The molecule has 0 radical (unpaired) electrons. The Hall–Kier alpha value is -0.790. The second-order valence-corrected chi connectivity index (χ2v) is 7.85. The van der Waals surface area contributed by atoms with E-state index >= 15 is 0 Å². The summed E-state index contributed by atoms with van der Waals surface area (Å²) in [6.07, 6.45) is 30.1. The summed E-state index contributed by atoms with van der Waals surface area (Å²) in [5.41, 5.74) is 0. The largest absolute Gasteiger partial charge is 0.481 e. The van der Waals surface area contributed by atoms with Crippen LogP contribution in [-0.4, -0.2) is 11.1 Å². The zero-order valence-corrected chi connectivity index (χ0v) is 17.7. The molecule has 0 unspecified atom stereocenters. The molecule has 0 saturated heterocycles. The highest BCUT2D eigenvalue weighted by Gasteiger charge is 1.96. The first kappa shape index (κ1) is 25.2. The van der Waals surface area contributed by atoms with Gasteiger partial charge in [0.25, 0.3) is 0 Å². The van der Waals surface area contributed by atoms with Gasteiger partial charge in [-0.2, -0.15) is 0 Å². The zero-order chi connectivity index (χ0) is 19.1. The Kier molecular flexibility index (Phi) is 21.6. The average Bonchev–Trinajstić information content (AvgIpc) is 2.62. The molecule has 0 amide bonds. The van der Waals surface area contributed by atoms with Gasteiger partial charge >= 0.3 is 5.97 Å². The van der Waals surface area contributed by atoms with Gasteiger partial charge in [0.05, 0.1) is 0 Å². The SMILES string of the molecule is CCCCCCCCCCCCCC/C=C\CCCCCCCC(=O)O. The Labute approximate surface area is 163 Å². The molecule has 154 valence electrons. The third-order valence-corrected chi connectivity index (χ3v) is 5.15. The van der Waals surface area contributed by atoms with Gasteiger partial charge in [-0.3, -0.25) is 4.79 Å². The third-order valence-electron chi connectivity index (χ3n) is 5.15. The lowest BCUT2D eigenvalue weighted by Crippen LogP contribution is -1.93. The minimum Gasteiger partial charge on any atom is -0.481 e. The second-order valence-electron chi connectivity index (χ2n) is 7.85. The monoisotopic (exact) mass is 366 g/mol. The Morgan fingerprint density at radius 2 is 0.923 bits per heavy atom. The van der Waals surface area contributed by atoms with E-state index in [1.165, 1.54) is 109 Å². The lowest BCUT2D eigenvalue weighted by Gasteiger charge is -2.02. The van der Waals surface area contributed by atoms with Gasteiger partial charge < -0.3 is 5.11 Å². The lowest BCUT2D eigenvalue weighted by molar-refractivity contribution is -0.137. The number of aliphatic carboxylic acids is 1. The van der Waals surface area contributed by atoms with Crippen LogP contribution in [0.3, 0.4) is 0 Å². The first-order chi connectivity index (χ1) is 12.8. The molecule has 0 fully saturated rings. The van der Waals surface area contributed by atoms with Crippen molar-refractivity contribution in [2.24, 2.45) is 0 Å². The number of hydrogen-bond donors (Lipinski definition) is 1. The van der Waals surface area contributed by atoms with Crippen LogP contribution in [0.15, 0.2) is 12.2 Å².